The number of halogens is 1. The summed E-state index contributed by atoms with van der Waals surface area (Å²) < 4.78 is 30.8. The first kappa shape index (κ1) is 17.2. The second-order valence-corrected chi connectivity index (χ2v) is 7.90. The van der Waals surface area contributed by atoms with E-state index in [0.717, 1.165) is 15.6 Å². The Labute approximate surface area is 140 Å². The number of aryl methyl sites for hydroxylation is 1. The van der Waals surface area contributed by atoms with Gasteiger partial charge in [-0.2, -0.15) is 8.42 Å². The molecule has 0 aliphatic rings. The minimum Gasteiger partial charge on any atom is -0.263 e. The van der Waals surface area contributed by atoms with Crippen LogP contribution in [0, 0.1) is 6.92 Å². The van der Waals surface area contributed by atoms with E-state index >= 15 is 0 Å². The number of benzene rings is 2. The third kappa shape index (κ3) is 4.18. The predicted molar refractivity (Wildman–Crippen MR) is 91.5 cm³/mol. The monoisotopic (exact) mass is 382 g/mol. The maximum atomic E-state index is 12.3. The standard InChI is InChI=1S/C17H19BrO3S/c1-12-5-4-6-15(11-12)13(2)14(3)21-22(19,20)17-9-7-16(18)8-10-17/h4-11,13-14H,1-3H3/t13-,14-/m1/s1. The van der Waals surface area contributed by atoms with Crippen LogP contribution in [-0.4, -0.2) is 14.5 Å². The van der Waals surface area contributed by atoms with Crippen molar-refractivity contribution < 1.29 is 12.6 Å². The maximum absolute atomic E-state index is 12.3. The molecule has 0 saturated heterocycles. The lowest BCUT2D eigenvalue weighted by atomic mass is 9.95. The summed E-state index contributed by atoms with van der Waals surface area (Å²) in [6.07, 6.45) is -0.449. The average molecular weight is 383 g/mol. The molecule has 0 amide bonds. The van der Waals surface area contributed by atoms with Gasteiger partial charge in [-0.1, -0.05) is 52.7 Å². The zero-order chi connectivity index (χ0) is 16.3. The van der Waals surface area contributed by atoms with Crippen LogP contribution in [0.5, 0.6) is 0 Å². The molecule has 118 valence electrons. The molecule has 5 heteroatoms. The fourth-order valence-electron chi connectivity index (χ4n) is 2.16. The average Bonchev–Trinajstić information content (AvgIpc) is 2.46. The third-order valence-electron chi connectivity index (χ3n) is 3.65. The zero-order valence-electron chi connectivity index (χ0n) is 12.8. The van der Waals surface area contributed by atoms with Crippen molar-refractivity contribution in [2.24, 2.45) is 0 Å². The highest BCUT2D eigenvalue weighted by Gasteiger charge is 2.23. The van der Waals surface area contributed by atoms with E-state index in [1.54, 1.807) is 19.1 Å². The minimum atomic E-state index is -3.76. The van der Waals surface area contributed by atoms with Crippen LogP contribution >= 0.6 is 15.9 Å². The van der Waals surface area contributed by atoms with Crippen LogP contribution in [0.4, 0.5) is 0 Å². The molecule has 2 aromatic carbocycles. The summed E-state index contributed by atoms with van der Waals surface area (Å²) in [7, 11) is -3.76. The number of hydrogen-bond donors (Lipinski definition) is 0. The van der Waals surface area contributed by atoms with Crippen molar-refractivity contribution in [3.05, 3.63) is 64.1 Å². The molecular weight excluding hydrogens is 364 g/mol. The molecule has 0 heterocycles. The second kappa shape index (κ2) is 6.94. The van der Waals surface area contributed by atoms with E-state index in [9.17, 15) is 8.42 Å². The molecule has 0 fully saturated rings. The second-order valence-electron chi connectivity index (χ2n) is 5.41. The van der Waals surface area contributed by atoms with Crippen molar-refractivity contribution in [3.8, 4) is 0 Å². The number of hydrogen-bond acceptors (Lipinski definition) is 3. The Morgan fingerprint density at radius 1 is 1.05 bits per heavy atom. The summed E-state index contributed by atoms with van der Waals surface area (Å²) in [6.45, 7) is 5.76. The van der Waals surface area contributed by atoms with Gasteiger partial charge in [0.1, 0.15) is 0 Å². The molecule has 0 N–H and O–H groups in total. The Morgan fingerprint density at radius 3 is 2.27 bits per heavy atom. The molecule has 0 radical (unpaired) electrons. The largest absolute Gasteiger partial charge is 0.297 e. The van der Waals surface area contributed by atoms with Crippen molar-refractivity contribution in [2.75, 3.05) is 0 Å². The summed E-state index contributed by atoms with van der Waals surface area (Å²) in [5.74, 6) is -0.0230. The van der Waals surface area contributed by atoms with Gasteiger partial charge in [-0.15, -0.1) is 0 Å². The maximum Gasteiger partial charge on any atom is 0.297 e. The third-order valence-corrected chi connectivity index (χ3v) is 5.59. The molecular formula is C17H19BrO3S. The summed E-state index contributed by atoms with van der Waals surface area (Å²) in [6, 6.07) is 14.5. The van der Waals surface area contributed by atoms with Gasteiger partial charge in [0.15, 0.2) is 0 Å². The zero-order valence-corrected chi connectivity index (χ0v) is 15.2. The smallest absolute Gasteiger partial charge is 0.263 e. The van der Waals surface area contributed by atoms with Crippen LogP contribution in [0.2, 0.25) is 0 Å². The Morgan fingerprint density at radius 2 is 1.68 bits per heavy atom. The van der Waals surface area contributed by atoms with Crippen LogP contribution in [0.1, 0.15) is 30.9 Å². The summed E-state index contributed by atoms with van der Waals surface area (Å²) in [5, 5.41) is 0. The van der Waals surface area contributed by atoms with Gasteiger partial charge in [0.25, 0.3) is 10.1 Å². The lowest BCUT2D eigenvalue weighted by Crippen LogP contribution is -2.21. The SMILES string of the molecule is Cc1cccc([C@H](C)[C@@H](C)OS(=O)(=O)c2ccc(Br)cc2)c1. The summed E-state index contributed by atoms with van der Waals surface area (Å²) >= 11 is 3.29. The molecule has 0 unspecified atom stereocenters. The Hall–Kier alpha value is -1.17. The van der Waals surface area contributed by atoms with Crippen molar-refractivity contribution >= 4 is 26.0 Å². The van der Waals surface area contributed by atoms with Gasteiger partial charge in [-0.25, -0.2) is 0 Å². The molecule has 2 atom stereocenters. The van der Waals surface area contributed by atoms with E-state index in [-0.39, 0.29) is 10.8 Å². The first-order chi connectivity index (χ1) is 10.3. The fourth-order valence-corrected chi connectivity index (χ4v) is 3.58. The quantitative estimate of drug-likeness (QED) is 0.706. The molecule has 0 bridgehead atoms. The van der Waals surface area contributed by atoms with Crippen molar-refractivity contribution in [2.45, 2.75) is 37.7 Å². The Kier molecular flexibility index (Phi) is 5.42. The highest BCUT2D eigenvalue weighted by Crippen LogP contribution is 2.26. The van der Waals surface area contributed by atoms with Gasteiger partial charge in [-0.3, -0.25) is 4.18 Å². The van der Waals surface area contributed by atoms with Crippen LogP contribution < -0.4 is 0 Å². The van der Waals surface area contributed by atoms with Gasteiger partial charge in [0.2, 0.25) is 0 Å². The molecule has 0 aliphatic heterocycles. The van der Waals surface area contributed by atoms with Gasteiger partial charge >= 0.3 is 0 Å². The molecule has 0 spiro atoms. The molecule has 2 rings (SSSR count). The van der Waals surface area contributed by atoms with E-state index in [1.807, 2.05) is 32.0 Å². The summed E-state index contributed by atoms with van der Waals surface area (Å²) in [5.41, 5.74) is 2.21. The topological polar surface area (TPSA) is 43.4 Å². The van der Waals surface area contributed by atoms with Crippen LogP contribution in [0.15, 0.2) is 57.9 Å². The lowest BCUT2D eigenvalue weighted by molar-refractivity contribution is 0.203. The van der Waals surface area contributed by atoms with Crippen LogP contribution in [-0.2, 0) is 14.3 Å². The first-order valence-electron chi connectivity index (χ1n) is 7.05. The van der Waals surface area contributed by atoms with E-state index in [1.165, 1.54) is 12.1 Å². The summed E-state index contributed by atoms with van der Waals surface area (Å²) in [4.78, 5) is 0.166. The van der Waals surface area contributed by atoms with Gasteiger partial charge < -0.3 is 0 Å². The fraction of sp³-hybridized carbons (Fsp3) is 0.294. The molecule has 0 saturated carbocycles. The van der Waals surface area contributed by atoms with Crippen molar-refractivity contribution in [3.63, 3.8) is 0 Å². The number of rotatable bonds is 5. The molecule has 22 heavy (non-hydrogen) atoms. The molecule has 2 aromatic rings. The van der Waals surface area contributed by atoms with Gasteiger partial charge in [-0.05, 0) is 43.7 Å². The predicted octanol–water partition coefficient (Wildman–Crippen LogP) is 4.66. The van der Waals surface area contributed by atoms with E-state index < -0.39 is 16.2 Å². The van der Waals surface area contributed by atoms with E-state index in [4.69, 9.17) is 4.18 Å². The lowest BCUT2D eigenvalue weighted by Gasteiger charge is -2.21. The Balaban J connectivity index is 2.16. The van der Waals surface area contributed by atoms with Crippen LogP contribution in [0.3, 0.4) is 0 Å². The molecule has 3 nitrogen and oxygen atoms in total. The Bertz CT molecular complexity index is 739. The van der Waals surface area contributed by atoms with Gasteiger partial charge in [0.05, 0.1) is 11.0 Å². The molecule has 0 aliphatic carbocycles. The minimum absolute atomic E-state index is 0.0230. The highest BCUT2D eigenvalue weighted by atomic mass is 79.9. The van der Waals surface area contributed by atoms with Gasteiger partial charge in [0, 0.05) is 10.4 Å². The first-order valence-corrected chi connectivity index (χ1v) is 9.25. The van der Waals surface area contributed by atoms with E-state index in [2.05, 4.69) is 22.0 Å². The van der Waals surface area contributed by atoms with Crippen molar-refractivity contribution in [1.82, 2.24) is 0 Å². The normalized spacial score (nSPS) is 14.5. The highest BCUT2D eigenvalue weighted by molar-refractivity contribution is 9.10. The molecule has 0 aromatic heterocycles. The van der Waals surface area contributed by atoms with Crippen LogP contribution in [0.25, 0.3) is 0 Å². The van der Waals surface area contributed by atoms with E-state index in [0.29, 0.717) is 0 Å². The van der Waals surface area contributed by atoms with Crippen molar-refractivity contribution in [1.29, 1.82) is 0 Å².